The minimum Gasteiger partial charge on any atom is -0.376 e. The maximum absolute atomic E-state index is 9.27. The second-order valence-electron chi connectivity index (χ2n) is 4.64. The van der Waals surface area contributed by atoms with E-state index in [1.54, 1.807) is 0 Å². The Morgan fingerprint density at radius 2 is 2.33 bits per heavy atom. The molecule has 3 nitrogen and oxygen atoms in total. The van der Waals surface area contributed by atoms with Crippen LogP contribution in [-0.2, 0) is 10.1 Å². The number of rotatable bonds is 3. The molecule has 0 bridgehead atoms. The topological polar surface area (TPSA) is 36.3 Å². The van der Waals surface area contributed by atoms with Crippen molar-refractivity contribution in [3.8, 4) is 6.07 Å². The highest BCUT2D eigenvalue weighted by molar-refractivity contribution is 9.08. The van der Waals surface area contributed by atoms with Gasteiger partial charge in [-0.15, -0.1) is 0 Å². The van der Waals surface area contributed by atoms with Crippen LogP contribution in [0.15, 0.2) is 18.2 Å². The summed E-state index contributed by atoms with van der Waals surface area (Å²) in [6.07, 6.45) is 1.24. The van der Waals surface area contributed by atoms with Crippen LogP contribution in [0.25, 0.3) is 0 Å². The van der Waals surface area contributed by atoms with Gasteiger partial charge in [0, 0.05) is 19.0 Å². The first-order chi connectivity index (χ1) is 8.67. The summed E-state index contributed by atoms with van der Waals surface area (Å²) in [6.45, 7) is 2.89. The molecule has 0 aromatic heterocycles. The van der Waals surface area contributed by atoms with Crippen LogP contribution in [0.2, 0.25) is 0 Å². The van der Waals surface area contributed by atoms with E-state index in [0.717, 1.165) is 35.2 Å². The van der Waals surface area contributed by atoms with Crippen molar-refractivity contribution in [3.05, 3.63) is 29.3 Å². The summed E-state index contributed by atoms with van der Waals surface area (Å²) in [5.41, 5.74) is 2.84. The van der Waals surface area contributed by atoms with Gasteiger partial charge in [0.05, 0.1) is 23.4 Å². The number of alkyl halides is 1. The minimum absolute atomic E-state index is 0.220. The zero-order valence-corrected chi connectivity index (χ0v) is 12.3. The molecule has 0 saturated carbocycles. The first-order valence-corrected chi connectivity index (χ1v) is 7.23. The number of benzene rings is 1. The lowest BCUT2D eigenvalue weighted by Crippen LogP contribution is -2.37. The third kappa shape index (κ3) is 2.52. The van der Waals surface area contributed by atoms with Gasteiger partial charge in [0.2, 0.25) is 0 Å². The monoisotopic (exact) mass is 308 g/mol. The smallest absolute Gasteiger partial charge is 0.101 e. The first kappa shape index (κ1) is 13.4. The SMILES string of the molecule is CC1OCCC1N(C)c1ccc(CBr)cc1C#N. The lowest BCUT2D eigenvalue weighted by molar-refractivity contribution is 0.118. The van der Waals surface area contributed by atoms with Crippen LogP contribution in [0, 0.1) is 11.3 Å². The quantitative estimate of drug-likeness (QED) is 0.805. The maximum Gasteiger partial charge on any atom is 0.101 e. The molecule has 1 fully saturated rings. The van der Waals surface area contributed by atoms with Crippen LogP contribution in [0.4, 0.5) is 5.69 Å². The molecule has 18 heavy (non-hydrogen) atoms. The molecule has 1 saturated heterocycles. The van der Waals surface area contributed by atoms with Crippen molar-refractivity contribution in [2.24, 2.45) is 0 Å². The van der Waals surface area contributed by atoms with Crippen LogP contribution < -0.4 is 4.90 Å². The Kier molecular flexibility index (Phi) is 4.26. The van der Waals surface area contributed by atoms with Crippen molar-refractivity contribution in [1.29, 1.82) is 5.26 Å². The molecule has 1 aliphatic heterocycles. The fourth-order valence-corrected chi connectivity index (χ4v) is 2.82. The molecule has 4 heteroatoms. The number of ether oxygens (including phenoxy) is 1. The summed E-state index contributed by atoms with van der Waals surface area (Å²) in [4.78, 5) is 2.17. The standard InChI is InChI=1S/C14H17BrN2O/c1-10-13(5-6-18-10)17(2)14-4-3-11(8-15)7-12(14)9-16/h3-4,7,10,13H,5-6,8H2,1-2H3. The molecule has 1 aliphatic rings. The Balaban J connectivity index is 2.30. The molecule has 1 heterocycles. The van der Waals surface area contributed by atoms with Gasteiger partial charge < -0.3 is 9.64 Å². The predicted octanol–water partition coefficient (Wildman–Crippen LogP) is 3.07. The zero-order valence-electron chi connectivity index (χ0n) is 10.7. The lowest BCUT2D eigenvalue weighted by Gasteiger charge is -2.29. The highest BCUT2D eigenvalue weighted by Crippen LogP contribution is 2.28. The van der Waals surface area contributed by atoms with E-state index < -0.39 is 0 Å². The van der Waals surface area contributed by atoms with E-state index in [9.17, 15) is 5.26 Å². The van der Waals surface area contributed by atoms with Gasteiger partial charge in [0.25, 0.3) is 0 Å². The number of likely N-dealkylation sites (N-methyl/N-ethyl adjacent to an activating group) is 1. The van der Waals surface area contributed by atoms with E-state index >= 15 is 0 Å². The van der Waals surface area contributed by atoms with Crippen LogP contribution in [0.3, 0.4) is 0 Å². The summed E-state index contributed by atoms with van der Waals surface area (Å²) < 4.78 is 5.59. The highest BCUT2D eigenvalue weighted by atomic mass is 79.9. The van der Waals surface area contributed by atoms with Crippen LogP contribution in [-0.4, -0.2) is 25.8 Å². The summed E-state index contributed by atoms with van der Waals surface area (Å²) in [6, 6.07) is 8.67. The van der Waals surface area contributed by atoms with E-state index in [0.29, 0.717) is 6.04 Å². The third-order valence-electron chi connectivity index (χ3n) is 3.55. The van der Waals surface area contributed by atoms with E-state index in [2.05, 4.69) is 39.9 Å². The van der Waals surface area contributed by atoms with Crippen LogP contribution >= 0.6 is 15.9 Å². The molecule has 1 aromatic rings. The molecule has 2 unspecified atom stereocenters. The van der Waals surface area contributed by atoms with Gasteiger partial charge in [-0.1, -0.05) is 22.0 Å². The fourth-order valence-electron chi connectivity index (χ4n) is 2.47. The molecular weight excluding hydrogens is 292 g/mol. The zero-order chi connectivity index (χ0) is 13.1. The molecular formula is C14H17BrN2O. The predicted molar refractivity (Wildman–Crippen MR) is 76.0 cm³/mol. The molecule has 0 aliphatic carbocycles. The lowest BCUT2D eigenvalue weighted by atomic mass is 10.1. The molecule has 0 radical (unpaired) electrons. The highest BCUT2D eigenvalue weighted by Gasteiger charge is 2.29. The van der Waals surface area contributed by atoms with Crippen molar-refractivity contribution >= 4 is 21.6 Å². The van der Waals surface area contributed by atoms with Gasteiger partial charge in [0.15, 0.2) is 0 Å². The molecule has 2 atom stereocenters. The Morgan fingerprint density at radius 3 is 2.89 bits per heavy atom. The number of nitriles is 1. The second-order valence-corrected chi connectivity index (χ2v) is 5.20. The average Bonchev–Trinajstić information content (AvgIpc) is 2.83. The van der Waals surface area contributed by atoms with Crippen molar-refractivity contribution in [2.75, 3.05) is 18.6 Å². The molecule has 96 valence electrons. The minimum atomic E-state index is 0.220. The van der Waals surface area contributed by atoms with Gasteiger partial charge >= 0.3 is 0 Å². The third-order valence-corrected chi connectivity index (χ3v) is 4.20. The van der Waals surface area contributed by atoms with Crippen molar-refractivity contribution in [2.45, 2.75) is 30.8 Å². The van der Waals surface area contributed by atoms with Gasteiger partial charge in [0.1, 0.15) is 6.07 Å². The molecule has 0 N–H and O–H groups in total. The molecule has 0 spiro atoms. The van der Waals surface area contributed by atoms with Gasteiger partial charge in [-0.2, -0.15) is 5.26 Å². The summed E-state index contributed by atoms with van der Waals surface area (Å²) in [5.74, 6) is 0. The number of hydrogen-bond donors (Lipinski definition) is 0. The molecule has 0 amide bonds. The van der Waals surface area contributed by atoms with Crippen molar-refractivity contribution < 1.29 is 4.74 Å². The number of anilines is 1. The normalized spacial score (nSPS) is 22.8. The first-order valence-electron chi connectivity index (χ1n) is 6.10. The second kappa shape index (κ2) is 5.73. The van der Waals surface area contributed by atoms with Gasteiger partial charge in [-0.3, -0.25) is 0 Å². The number of hydrogen-bond acceptors (Lipinski definition) is 3. The number of nitrogens with zero attached hydrogens (tertiary/aromatic N) is 2. The van der Waals surface area contributed by atoms with Crippen LogP contribution in [0.5, 0.6) is 0 Å². The van der Waals surface area contributed by atoms with E-state index in [4.69, 9.17) is 4.74 Å². The van der Waals surface area contributed by atoms with Crippen LogP contribution in [0.1, 0.15) is 24.5 Å². The van der Waals surface area contributed by atoms with Crippen molar-refractivity contribution in [1.82, 2.24) is 0 Å². The Morgan fingerprint density at radius 1 is 1.56 bits per heavy atom. The molecule has 1 aromatic carbocycles. The van der Waals surface area contributed by atoms with Crippen molar-refractivity contribution in [3.63, 3.8) is 0 Å². The Hall–Kier alpha value is -1.05. The van der Waals surface area contributed by atoms with E-state index in [-0.39, 0.29) is 6.10 Å². The van der Waals surface area contributed by atoms with Gasteiger partial charge in [-0.25, -0.2) is 0 Å². The molecule has 2 rings (SSSR count). The largest absolute Gasteiger partial charge is 0.376 e. The average molecular weight is 309 g/mol. The Bertz CT molecular complexity index is 469. The van der Waals surface area contributed by atoms with E-state index in [1.807, 2.05) is 19.2 Å². The number of halogens is 1. The van der Waals surface area contributed by atoms with Gasteiger partial charge in [-0.05, 0) is 31.0 Å². The summed E-state index contributed by atoms with van der Waals surface area (Å²) in [7, 11) is 2.04. The fraction of sp³-hybridized carbons (Fsp3) is 0.500. The maximum atomic E-state index is 9.27. The Labute approximate surface area is 116 Å². The summed E-state index contributed by atoms with van der Waals surface area (Å²) in [5, 5.41) is 10.0. The van der Waals surface area contributed by atoms with E-state index in [1.165, 1.54) is 0 Å². The summed E-state index contributed by atoms with van der Waals surface area (Å²) >= 11 is 3.42.